The van der Waals surface area contributed by atoms with Gasteiger partial charge in [-0.05, 0) is 70.1 Å². The highest BCUT2D eigenvalue weighted by Gasteiger charge is 2.03. The topological polar surface area (TPSA) is 50.7 Å². The van der Waals surface area contributed by atoms with Gasteiger partial charge in [-0.2, -0.15) is 5.10 Å². The zero-order valence-corrected chi connectivity index (χ0v) is 16.1. The minimum absolute atomic E-state index is 0.242. The van der Waals surface area contributed by atoms with Crippen LogP contribution in [-0.2, 0) is 6.61 Å². The number of amides is 1. The summed E-state index contributed by atoms with van der Waals surface area (Å²) in [6.07, 6.45) is 1.60. The first-order valence-electron chi connectivity index (χ1n) is 8.06. The van der Waals surface area contributed by atoms with E-state index < -0.39 is 0 Å². The molecule has 26 heavy (non-hydrogen) atoms. The molecule has 4 nitrogen and oxygen atoms in total. The van der Waals surface area contributed by atoms with Crippen LogP contribution in [0.3, 0.4) is 0 Å². The van der Waals surface area contributed by atoms with Crippen molar-refractivity contribution < 1.29 is 9.53 Å². The maximum absolute atomic E-state index is 12.0. The van der Waals surface area contributed by atoms with E-state index in [9.17, 15) is 4.79 Å². The summed E-state index contributed by atoms with van der Waals surface area (Å²) in [4.78, 5) is 12.0. The number of benzene rings is 3. The van der Waals surface area contributed by atoms with Crippen LogP contribution in [0.1, 0.15) is 21.5 Å². The van der Waals surface area contributed by atoms with E-state index in [-0.39, 0.29) is 5.91 Å². The minimum Gasteiger partial charge on any atom is -0.489 e. The Morgan fingerprint density at radius 2 is 1.77 bits per heavy atom. The zero-order chi connectivity index (χ0) is 18.2. The molecule has 0 aliphatic heterocycles. The van der Waals surface area contributed by atoms with Gasteiger partial charge >= 0.3 is 0 Å². The lowest BCUT2D eigenvalue weighted by atomic mass is 10.2. The molecular weight excluding hydrogens is 439 g/mol. The van der Waals surface area contributed by atoms with Crippen LogP contribution in [0, 0.1) is 3.57 Å². The van der Waals surface area contributed by atoms with Crippen molar-refractivity contribution in [1.82, 2.24) is 5.43 Å². The molecule has 5 heteroatoms. The molecule has 0 atom stereocenters. The van der Waals surface area contributed by atoms with Crippen LogP contribution in [0.25, 0.3) is 0 Å². The van der Waals surface area contributed by atoms with Gasteiger partial charge < -0.3 is 4.74 Å². The van der Waals surface area contributed by atoms with E-state index in [4.69, 9.17) is 4.74 Å². The van der Waals surface area contributed by atoms with Crippen molar-refractivity contribution in [1.29, 1.82) is 0 Å². The summed E-state index contributed by atoms with van der Waals surface area (Å²) < 4.78 is 6.87. The van der Waals surface area contributed by atoms with E-state index in [0.717, 1.165) is 20.4 Å². The van der Waals surface area contributed by atoms with Gasteiger partial charge in [-0.25, -0.2) is 5.43 Å². The highest BCUT2D eigenvalue weighted by Crippen LogP contribution is 2.14. The van der Waals surface area contributed by atoms with Gasteiger partial charge in [0.2, 0.25) is 0 Å². The monoisotopic (exact) mass is 456 g/mol. The molecule has 0 heterocycles. The van der Waals surface area contributed by atoms with Crippen LogP contribution in [0.5, 0.6) is 5.75 Å². The number of nitrogens with one attached hydrogen (secondary N) is 1. The predicted molar refractivity (Wildman–Crippen MR) is 111 cm³/mol. The molecule has 0 aliphatic carbocycles. The molecule has 0 unspecified atom stereocenters. The van der Waals surface area contributed by atoms with Crippen LogP contribution in [-0.4, -0.2) is 12.1 Å². The highest BCUT2D eigenvalue weighted by molar-refractivity contribution is 14.1. The van der Waals surface area contributed by atoms with Gasteiger partial charge in [-0.3, -0.25) is 4.79 Å². The number of halogens is 1. The Kier molecular flexibility index (Phi) is 6.38. The number of carbonyl (C=O) groups excluding carboxylic acids is 1. The van der Waals surface area contributed by atoms with Crippen molar-refractivity contribution in [2.24, 2.45) is 5.10 Å². The van der Waals surface area contributed by atoms with E-state index in [1.54, 1.807) is 18.3 Å². The lowest BCUT2D eigenvalue weighted by Crippen LogP contribution is -2.17. The van der Waals surface area contributed by atoms with Crippen molar-refractivity contribution in [2.75, 3.05) is 0 Å². The number of nitrogens with zero attached hydrogens (tertiary/aromatic N) is 1. The smallest absolute Gasteiger partial charge is 0.271 e. The third-order valence-electron chi connectivity index (χ3n) is 3.59. The molecule has 0 saturated heterocycles. The van der Waals surface area contributed by atoms with Crippen LogP contribution >= 0.6 is 22.6 Å². The average Bonchev–Trinajstić information content (AvgIpc) is 2.68. The third kappa shape index (κ3) is 5.42. The van der Waals surface area contributed by atoms with Crippen LogP contribution in [0.2, 0.25) is 0 Å². The second kappa shape index (κ2) is 9.15. The summed E-state index contributed by atoms with van der Waals surface area (Å²) in [5.41, 5.74) is 5.06. The summed E-state index contributed by atoms with van der Waals surface area (Å²) in [7, 11) is 0. The van der Waals surface area contributed by atoms with E-state index in [0.29, 0.717) is 12.2 Å². The highest BCUT2D eigenvalue weighted by atomic mass is 127. The minimum atomic E-state index is -0.242. The first-order valence-corrected chi connectivity index (χ1v) is 9.14. The van der Waals surface area contributed by atoms with Crippen molar-refractivity contribution in [3.63, 3.8) is 0 Å². The van der Waals surface area contributed by atoms with Crippen LogP contribution in [0.15, 0.2) is 84.0 Å². The fourth-order valence-corrected chi connectivity index (χ4v) is 2.62. The average molecular weight is 456 g/mol. The number of hydrogen-bond donors (Lipinski definition) is 1. The molecule has 1 amide bonds. The maximum atomic E-state index is 12.0. The molecule has 0 radical (unpaired) electrons. The Labute approximate surface area is 166 Å². The molecule has 3 rings (SSSR count). The number of hydrogen-bond acceptors (Lipinski definition) is 3. The first kappa shape index (κ1) is 18.1. The Hall–Kier alpha value is -2.67. The normalized spacial score (nSPS) is 10.7. The SMILES string of the molecule is O=C(N/N=C\c1cccc(OCc2ccccc2)c1)c1ccc(I)cc1. The van der Waals surface area contributed by atoms with Crippen molar-refractivity contribution >= 4 is 34.7 Å². The lowest BCUT2D eigenvalue weighted by Gasteiger charge is -2.06. The zero-order valence-electron chi connectivity index (χ0n) is 13.9. The van der Waals surface area contributed by atoms with Crippen molar-refractivity contribution in [3.05, 3.63) is 99.1 Å². The van der Waals surface area contributed by atoms with Gasteiger partial charge in [0.25, 0.3) is 5.91 Å². The molecule has 0 aliphatic rings. The Morgan fingerprint density at radius 1 is 1.00 bits per heavy atom. The second-order valence-electron chi connectivity index (χ2n) is 5.55. The lowest BCUT2D eigenvalue weighted by molar-refractivity contribution is 0.0955. The van der Waals surface area contributed by atoms with Gasteiger partial charge in [0.1, 0.15) is 12.4 Å². The molecule has 3 aromatic rings. The summed E-state index contributed by atoms with van der Waals surface area (Å²) in [5, 5.41) is 4.02. The van der Waals surface area contributed by atoms with Crippen LogP contribution in [0.4, 0.5) is 0 Å². The quantitative estimate of drug-likeness (QED) is 0.334. The van der Waals surface area contributed by atoms with Crippen molar-refractivity contribution in [3.8, 4) is 5.75 Å². The van der Waals surface area contributed by atoms with Gasteiger partial charge in [-0.1, -0.05) is 42.5 Å². The molecule has 0 bridgehead atoms. The maximum Gasteiger partial charge on any atom is 0.271 e. The third-order valence-corrected chi connectivity index (χ3v) is 4.31. The molecule has 0 spiro atoms. The largest absolute Gasteiger partial charge is 0.489 e. The fraction of sp³-hybridized carbons (Fsp3) is 0.0476. The van der Waals surface area contributed by atoms with E-state index in [1.165, 1.54) is 0 Å². The molecule has 0 fully saturated rings. The van der Waals surface area contributed by atoms with Gasteiger partial charge in [0, 0.05) is 9.13 Å². The molecule has 1 N–H and O–H groups in total. The Bertz CT molecular complexity index is 893. The number of carbonyl (C=O) groups is 1. The molecule has 0 aromatic heterocycles. The fourth-order valence-electron chi connectivity index (χ4n) is 2.26. The van der Waals surface area contributed by atoms with Gasteiger partial charge in [0.05, 0.1) is 6.21 Å². The van der Waals surface area contributed by atoms with Gasteiger partial charge in [0.15, 0.2) is 0 Å². The number of hydrazone groups is 1. The summed E-state index contributed by atoms with van der Waals surface area (Å²) in [5.74, 6) is 0.510. The number of ether oxygens (including phenoxy) is 1. The summed E-state index contributed by atoms with van der Waals surface area (Å²) in [6.45, 7) is 0.505. The van der Waals surface area contributed by atoms with Crippen molar-refractivity contribution in [2.45, 2.75) is 6.61 Å². The van der Waals surface area contributed by atoms with E-state index in [2.05, 4.69) is 33.1 Å². The molecule has 0 saturated carbocycles. The standard InChI is InChI=1S/C21H17IN2O2/c22-19-11-9-18(10-12-19)21(25)24-23-14-17-7-4-8-20(13-17)26-15-16-5-2-1-3-6-16/h1-14H,15H2,(H,24,25)/b23-14-. The summed E-state index contributed by atoms with van der Waals surface area (Å²) in [6, 6.07) is 24.8. The number of rotatable bonds is 6. The molecular formula is C21H17IN2O2. The van der Waals surface area contributed by atoms with Crippen LogP contribution < -0.4 is 10.2 Å². The Balaban J connectivity index is 1.56. The Morgan fingerprint density at radius 3 is 2.54 bits per heavy atom. The predicted octanol–water partition coefficient (Wildman–Crippen LogP) is 4.63. The van der Waals surface area contributed by atoms with Gasteiger partial charge in [-0.15, -0.1) is 0 Å². The van der Waals surface area contributed by atoms with E-state index in [1.807, 2.05) is 66.7 Å². The molecule has 3 aromatic carbocycles. The second-order valence-corrected chi connectivity index (χ2v) is 6.80. The van der Waals surface area contributed by atoms with E-state index >= 15 is 0 Å². The first-order chi connectivity index (χ1) is 12.7. The molecule has 130 valence electrons. The summed E-state index contributed by atoms with van der Waals surface area (Å²) >= 11 is 2.20.